The molecule has 5 nitrogen and oxygen atoms in total. The Balaban J connectivity index is 1.59. The van der Waals surface area contributed by atoms with Gasteiger partial charge in [-0.1, -0.05) is 30.4 Å². The molecule has 0 aliphatic heterocycles. The van der Waals surface area contributed by atoms with E-state index in [1.807, 2.05) is 36.5 Å². The van der Waals surface area contributed by atoms with Crippen molar-refractivity contribution in [2.75, 3.05) is 6.54 Å². The number of aromatic amines is 1. The Kier molecular flexibility index (Phi) is 4.46. The number of amides is 1. The van der Waals surface area contributed by atoms with Gasteiger partial charge in [0.05, 0.1) is 11.8 Å². The average molecular weight is 312 g/mol. The third-order valence-electron chi connectivity index (χ3n) is 4.45. The summed E-state index contributed by atoms with van der Waals surface area (Å²) < 4.78 is 0. The molecule has 1 amide bonds. The van der Waals surface area contributed by atoms with Crippen LogP contribution in [-0.4, -0.2) is 28.5 Å². The van der Waals surface area contributed by atoms with Crippen molar-refractivity contribution >= 4 is 22.8 Å². The second-order valence-electron chi connectivity index (χ2n) is 5.89. The van der Waals surface area contributed by atoms with Crippen molar-refractivity contribution in [3.63, 3.8) is 0 Å². The quantitative estimate of drug-likeness (QED) is 0.742. The summed E-state index contributed by atoms with van der Waals surface area (Å²) in [5.41, 5.74) is 2.23. The van der Waals surface area contributed by atoms with Crippen LogP contribution in [0.25, 0.3) is 10.9 Å². The zero-order valence-corrected chi connectivity index (χ0v) is 12.8. The van der Waals surface area contributed by atoms with Gasteiger partial charge in [0.2, 0.25) is 5.91 Å². The molecule has 2 atom stereocenters. The van der Waals surface area contributed by atoms with Gasteiger partial charge in [-0.2, -0.15) is 0 Å². The van der Waals surface area contributed by atoms with Crippen LogP contribution in [0, 0.1) is 11.8 Å². The number of H-pyrrole nitrogens is 1. The number of benzene rings is 1. The van der Waals surface area contributed by atoms with Crippen molar-refractivity contribution in [2.24, 2.45) is 11.8 Å². The van der Waals surface area contributed by atoms with Gasteiger partial charge in [0, 0.05) is 23.6 Å². The molecule has 1 aliphatic rings. The van der Waals surface area contributed by atoms with Gasteiger partial charge in [-0.15, -0.1) is 0 Å². The van der Waals surface area contributed by atoms with Crippen LogP contribution in [0.5, 0.6) is 0 Å². The van der Waals surface area contributed by atoms with Crippen molar-refractivity contribution in [1.82, 2.24) is 10.3 Å². The lowest BCUT2D eigenvalue weighted by atomic mass is 9.82. The molecule has 3 rings (SSSR count). The normalized spacial score (nSPS) is 20.5. The highest BCUT2D eigenvalue weighted by atomic mass is 16.4. The summed E-state index contributed by atoms with van der Waals surface area (Å²) in [6, 6.07) is 8.04. The number of aliphatic carboxylic acids is 1. The Bertz CT molecular complexity index is 748. The van der Waals surface area contributed by atoms with Gasteiger partial charge in [0.1, 0.15) is 0 Å². The van der Waals surface area contributed by atoms with Crippen molar-refractivity contribution < 1.29 is 14.7 Å². The maximum Gasteiger partial charge on any atom is 0.307 e. The number of rotatable bonds is 5. The zero-order valence-electron chi connectivity index (χ0n) is 12.8. The Morgan fingerprint density at radius 3 is 2.70 bits per heavy atom. The van der Waals surface area contributed by atoms with E-state index in [4.69, 9.17) is 0 Å². The Morgan fingerprint density at radius 1 is 1.17 bits per heavy atom. The molecule has 23 heavy (non-hydrogen) atoms. The highest BCUT2D eigenvalue weighted by molar-refractivity contribution is 5.85. The van der Waals surface area contributed by atoms with Crippen molar-refractivity contribution in [3.8, 4) is 0 Å². The van der Waals surface area contributed by atoms with E-state index in [9.17, 15) is 14.7 Å². The second-order valence-corrected chi connectivity index (χ2v) is 5.89. The predicted molar refractivity (Wildman–Crippen MR) is 88.0 cm³/mol. The van der Waals surface area contributed by atoms with Crippen molar-refractivity contribution in [3.05, 3.63) is 48.2 Å². The molecular formula is C18H20N2O3. The molecule has 120 valence electrons. The predicted octanol–water partition coefficient (Wildman–Crippen LogP) is 2.49. The molecule has 0 saturated heterocycles. The summed E-state index contributed by atoms with van der Waals surface area (Å²) in [7, 11) is 0. The molecule has 0 radical (unpaired) electrons. The molecule has 0 unspecified atom stereocenters. The van der Waals surface area contributed by atoms with Gasteiger partial charge in [-0.25, -0.2) is 0 Å². The molecule has 1 aromatic heterocycles. The maximum absolute atomic E-state index is 12.3. The second kappa shape index (κ2) is 6.69. The van der Waals surface area contributed by atoms with Crippen LogP contribution >= 0.6 is 0 Å². The van der Waals surface area contributed by atoms with Crippen LogP contribution in [0.1, 0.15) is 18.4 Å². The van der Waals surface area contributed by atoms with Crippen molar-refractivity contribution in [2.45, 2.75) is 19.3 Å². The van der Waals surface area contributed by atoms with E-state index in [1.54, 1.807) is 0 Å². The van der Waals surface area contributed by atoms with Crippen LogP contribution in [0.15, 0.2) is 42.6 Å². The number of allylic oxidation sites excluding steroid dienone is 2. The topological polar surface area (TPSA) is 82.2 Å². The first-order chi connectivity index (χ1) is 11.2. The standard InChI is InChI=1S/C18H20N2O3/c21-17(14-6-1-2-7-15(14)18(22)23)19-10-9-12-11-20-16-8-4-3-5-13(12)16/h1-5,8,11,14-15,20H,6-7,9-10H2,(H,19,21)(H,22,23)/t14-,15+/m1/s1. The monoisotopic (exact) mass is 312 g/mol. The van der Waals surface area contributed by atoms with Crippen molar-refractivity contribution in [1.29, 1.82) is 0 Å². The molecule has 0 bridgehead atoms. The van der Waals surface area contributed by atoms with Gasteiger partial charge in [0.15, 0.2) is 0 Å². The Labute approximate surface area is 134 Å². The number of carboxylic acid groups (broad SMARTS) is 1. The van der Waals surface area contributed by atoms with Gasteiger partial charge in [-0.05, 0) is 30.9 Å². The average Bonchev–Trinajstić information content (AvgIpc) is 2.98. The van der Waals surface area contributed by atoms with E-state index in [-0.39, 0.29) is 5.91 Å². The van der Waals surface area contributed by atoms with E-state index in [0.29, 0.717) is 19.4 Å². The van der Waals surface area contributed by atoms with Crippen LogP contribution < -0.4 is 5.32 Å². The summed E-state index contributed by atoms with van der Waals surface area (Å²) in [4.78, 5) is 26.8. The maximum atomic E-state index is 12.3. The summed E-state index contributed by atoms with van der Waals surface area (Å²) in [6.45, 7) is 0.507. The number of hydrogen-bond acceptors (Lipinski definition) is 2. The molecule has 0 spiro atoms. The smallest absolute Gasteiger partial charge is 0.307 e. The Morgan fingerprint density at radius 2 is 1.91 bits per heavy atom. The van der Waals surface area contributed by atoms with Crippen LogP contribution in [0.4, 0.5) is 0 Å². The first-order valence-electron chi connectivity index (χ1n) is 7.87. The summed E-state index contributed by atoms with van der Waals surface area (Å²) in [5, 5.41) is 13.3. The molecule has 2 aromatic rings. The highest BCUT2D eigenvalue weighted by Crippen LogP contribution is 2.26. The molecule has 0 saturated carbocycles. The summed E-state index contributed by atoms with van der Waals surface area (Å²) in [6.07, 6.45) is 7.33. The summed E-state index contributed by atoms with van der Waals surface area (Å²) in [5.74, 6) is -2.15. The lowest BCUT2D eigenvalue weighted by molar-refractivity contribution is -0.147. The molecule has 0 fully saturated rings. The fourth-order valence-corrected chi connectivity index (χ4v) is 3.17. The number of nitrogens with one attached hydrogen (secondary N) is 2. The number of hydrogen-bond donors (Lipinski definition) is 3. The zero-order chi connectivity index (χ0) is 16.2. The van der Waals surface area contributed by atoms with Crippen LogP contribution in [0.3, 0.4) is 0 Å². The molecule has 3 N–H and O–H groups in total. The molecule has 1 aromatic carbocycles. The van der Waals surface area contributed by atoms with Gasteiger partial charge in [0.25, 0.3) is 0 Å². The summed E-state index contributed by atoms with van der Waals surface area (Å²) >= 11 is 0. The van der Waals surface area contributed by atoms with E-state index >= 15 is 0 Å². The number of para-hydroxylation sites is 1. The third-order valence-corrected chi connectivity index (χ3v) is 4.45. The third kappa shape index (κ3) is 3.28. The minimum atomic E-state index is -0.897. The Hall–Kier alpha value is -2.56. The number of carbonyl (C=O) groups is 2. The first-order valence-corrected chi connectivity index (χ1v) is 7.87. The fourth-order valence-electron chi connectivity index (χ4n) is 3.17. The highest BCUT2D eigenvalue weighted by Gasteiger charge is 2.33. The first kappa shape index (κ1) is 15.3. The number of carbonyl (C=O) groups excluding carboxylic acids is 1. The molecular weight excluding hydrogens is 292 g/mol. The van der Waals surface area contributed by atoms with E-state index in [2.05, 4.69) is 16.4 Å². The number of fused-ring (bicyclic) bond motifs is 1. The molecule has 1 aliphatic carbocycles. The fraction of sp³-hybridized carbons (Fsp3) is 0.333. The van der Waals surface area contributed by atoms with Gasteiger partial charge < -0.3 is 15.4 Å². The van der Waals surface area contributed by atoms with Gasteiger partial charge >= 0.3 is 5.97 Å². The number of aromatic nitrogens is 1. The van der Waals surface area contributed by atoms with Crippen LogP contribution in [-0.2, 0) is 16.0 Å². The van der Waals surface area contributed by atoms with E-state index < -0.39 is 17.8 Å². The minimum Gasteiger partial charge on any atom is -0.481 e. The SMILES string of the molecule is O=C(O)[C@H]1CC=CC[C@H]1C(=O)NCCc1c[nH]c2ccccc12. The van der Waals surface area contributed by atoms with Gasteiger partial charge in [-0.3, -0.25) is 9.59 Å². The van der Waals surface area contributed by atoms with E-state index in [1.165, 1.54) is 0 Å². The lowest BCUT2D eigenvalue weighted by Gasteiger charge is -2.24. The lowest BCUT2D eigenvalue weighted by Crippen LogP contribution is -2.39. The number of carboxylic acids is 1. The van der Waals surface area contributed by atoms with Crippen LogP contribution in [0.2, 0.25) is 0 Å². The van der Waals surface area contributed by atoms with E-state index in [0.717, 1.165) is 22.9 Å². The largest absolute Gasteiger partial charge is 0.481 e. The molecule has 1 heterocycles. The molecule has 5 heteroatoms. The minimum absolute atomic E-state index is 0.165.